The van der Waals surface area contributed by atoms with Crippen LogP contribution in [0.1, 0.15) is 55.3 Å². The van der Waals surface area contributed by atoms with Crippen LogP contribution in [0.5, 0.6) is 11.5 Å². The molecule has 5 rings (SSSR count). The molecule has 0 spiro atoms. The van der Waals surface area contributed by atoms with Gasteiger partial charge in [-0.1, -0.05) is 18.9 Å². The third kappa shape index (κ3) is 5.78. The molecule has 3 amide bonds. The highest BCUT2D eigenvalue weighted by Crippen LogP contribution is 2.33. The Morgan fingerprint density at radius 3 is 2.61 bits per heavy atom. The molecular weight excluding hydrogens is 486 g/mol. The Kier molecular flexibility index (Phi) is 7.83. The highest BCUT2D eigenvalue weighted by molar-refractivity contribution is 6.00. The van der Waals surface area contributed by atoms with Gasteiger partial charge in [0, 0.05) is 30.4 Å². The van der Waals surface area contributed by atoms with Crippen LogP contribution in [0.15, 0.2) is 42.5 Å². The number of carbonyl (C=O) groups is 3. The van der Waals surface area contributed by atoms with Crippen molar-refractivity contribution in [2.45, 2.75) is 63.2 Å². The number of nitrogens with one attached hydrogen (secondary N) is 2. The fourth-order valence-electron chi connectivity index (χ4n) is 5.66. The first kappa shape index (κ1) is 26.0. The first-order valence-electron chi connectivity index (χ1n) is 13.4. The summed E-state index contributed by atoms with van der Waals surface area (Å²) in [6.45, 7) is 0.261. The molecule has 9 heteroatoms. The third-order valence-corrected chi connectivity index (χ3v) is 7.77. The van der Waals surface area contributed by atoms with E-state index < -0.39 is 0 Å². The number of anilines is 2. The van der Waals surface area contributed by atoms with Crippen LogP contribution >= 0.6 is 0 Å². The minimum atomic E-state index is -0.359. The molecule has 0 bridgehead atoms. The van der Waals surface area contributed by atoms with Crippen molar-refractivity contribution >= 4 is 29.1 Å². The van der Waals surface area contributed by atoms with Gasteiger partial charge in [0.05, 0.1) is 31.2 Å². The largest absolute Gasteiger partial charge is 0.497 e. The maximum atomic E-state index is 13.5. The van der Waals surface area contributed by atoms with E-state index in [1.807, 2.05) is 18.2 Å². The maximum absolute atomic E-state index is 13.5. The summed E-state index contributed by atoms with van der Waals surface area (Å²) < 4.78 is 17.6. The van der Waals surface area contributed by atoms with Crippen LogP contribution < -0.4 is 20.1 Å². The maximum Gasteiger partial charge on any atom is 0.257 e. The summed E-state index contributed by atoms with van der Waals surface area (Å²) in [4.78, 5) is 40.4. The van der Waals surface area contributed by atoms with E-state index in [0.717, 1.165) is 25.7 Å². The second kappa shape index (κ2) is 11.4. The lowest BCUT2D eigenvalue weighted by atomic mass is 9.94. The lowest BCUT2D eigenvalue weighted by Crippen LogP contribution is -2.53. The van der Waals surface area contributed by atoms with E-state index in [9.17, 15) is 14.4 Å². The van der Waals surface area contributed by atoms with Crippen LogP contribution in [-0.4, -0.2) is 61.6 Å². The summed E-state index contributed by atoms with van der Waals surface area (Å²) in [6.07, 6.45) is 4.90. The van der Waals surface area contributed by atoms with Gasteiger partial charge in [-0.05, 0) is 56.0 Å². The van der Waals surface area contributed by atoms with E-state index in [0.29, 0.717) is 41.3 Å². The zero-order valence-electron chi connectivity index (χ0n) is 21.9. The summed E-state index contributed by atoms with van der Waals surface area (Å²) in [5, 5.41) is 5.87. The topological polar surface area (TPSA) is 106 Å². The van der Waals surface area contributed by atoms with Crippen LogP contribution in [0.3, 0.4) is 0 Å². The van der Waals surface area contributed by atoms with Gasteiger partial charge >= 0.3 is 0 Å². The van der Waals surface area contributed by atoms with E-state index in [4.69, 9.17) is 14.2 Å². The minimum Gasteiger partial charge on any atom is -0.497 e. The van der Waals surface area contributed by atoms with Gasteiger partial charge in [-0.3, -0.25) is 14.4 Å². The Morgan fingerprint density at radius 2 is 1.82 bits per heavy atom. The van der Waals surface area contributed by atoms with Gasteiger partial charge < -0.3 is 29.7 Å². The highest BCUT2D eigenvalue weighted by Gasteiger charge is 2.39. The number of benzene rings is 2. The number of methoxy groups -OCH3 is 1. The van der Waals surface area contributed by atoms with Gasteiger partial charge in [0.1, 0.15) is 24.2 Å². The molecule has 2 aromatic rings. The van der Waals surface area contributed by atoms with Crippen molar-refractivity contribution in [1.29, 1.82) is 0 Å². The second-order valence-corrected chi connectivity index (χ2v) is 10.3. The molecular formula is C29H35N3O6. The first-order valence-corrected chi connectivity index (χ1v) is 13.4. The third-order valence-electron chi connectivity index (χ3n) is 7.77. The van der Waals surface area contributed by atoms with Gasteiger partial charge in [-0.2, -0.15) is 0 Å². The van der Waals surface area contributed by atoms with Crippen molar-refractivity contribution in [3.05, 3.63) is 48.0 Å². The minimum absolute atomic E-state index is 0.0113. The molecule has 202 valence electrons. The number of hydrogen-bond donors (Lipinski definition) is 2. The van der Waals surface area contributed by atoms with E-state index in [1.165, 1.54) is 0 Å². The molecule has 0 aromatic heterocycles. The Hall–Kier alpha value is -3.59. The number of ether oxygens (including phenoxy) is 3. The predicted octanol–water partition coefficient (Wildman–Crippen LogP) is 4.23. The fraction of sp³-hybridized carbons (Fsp3) is 0.483. The summed E-state index contributed by atoms with van der Waals surface area (Å²) >= 11 is 0. The number of rotatable bonds is 6. The lowest BCUT2D eigenvalue weighted by molar-refractivity contribution is -0.130. The van der Waals surface area contributed by atoms with Gasteiger partial charge in [-0.25, -0.2) is 0 Å². The number of nitrogens with zero attached hydrogens (tertiary/aromatic N) is 1. The number of amides is 3. The van der Waals surface area contributed by atoms with Crippen molar-refractivity contribution < 1.29 is 28.6 Å². The number of carbonyl (C=O) groups excluding carboxylic acids is 3. The van der Waals surface area contributed by atoms with Gasteiger partial charge in [0.25, 0.3) is 5.91 Å². The van der Waals surface area contributed by atoms with Crippen LogP contribution in [0.25, 0.3) is 0 Å². The predicted molar refractivity (Wildman–Crippen MR) is 143 cm³/mol. The molecule has 1 saturated heterocycles. The number of fused-ring (bicyclic) bond motifs is 2. The summed E-state index contributed by atoms with van der Waals surface area (Å²) in [6, 6.07) is 12.2. The average molecular weight is 522 g/mol. The Balaban J connectivity index is 1.22. The molecule has 2 aliphatic heterocycles. The molecule has 1 aliphatic carbocycles. The van der Waals surface area contributed by atoms with Crippen LogP contribution in [0.2, 0.25) is 0 Å². The highest BCUT2D eigenvalue weighted by atomic mass is 16.5. The molecule has 0 radical (unpaired) electrons. The second-order valence-electron chi connectivity index (χ2n) is 10.3. The first-order chi connectivity index (χ1) is 18.4. The molecule has 2 heterocycles. The summed E-state index contributed by atoms with van der Waals surface area (Å²) in [5.41, 5.74) is 1.69. The molecule has 1 saturated carbocycles. The van der Waals surface area contributed by atoms with E-state index in [2.05, 4.69) is 10.6 Å². The number of hydrogen-bond acceptors (Lipinski definition) is 6. The molecule has 2 fully saturated rings. The molecule has 9 nitrogen and oxygen atoms in total. The smallest absolute Gasteiger partial charge is 0.257 e. The van der Waals surface area contributed by atoms with Crippen molar-refractivity contribution in [2.75, 3.05) is 31.4 Å². The molecule has 3 aliphatic rings. The molecule has 0 unspecified atom stereocenters. The van der Waals surface area contributed by atoms with Gasteiger partial charge in [0.15, 0.2) is 0 Å². The van der Waals surface area contributed by atoms with Crippen molar-refractivity contribution in [1.82, 2.24) is 4.90 Å². The van der Waals surface area contributed by atoms with E-state index in [1.54, 1.807) is 43.3 Å². The molecule has 2 aromatic carbocycles. The normalized spacial score (nSPS) is 23.4. The standard InChI is InChI=1S/C29H35N3O6/c1-32-24-12-11-22(16-27(33)30-19-8-5-9-21(14-19)36-2)38-26(24)17-37-25-13-10-20(15-23(25)29(32)35)31-28(34)18-6-3-4-7-18/h5,8-10,13-15,18,22,24,26H,3-4,6-7,11-12,16-17H2,1-2H3,(H,30,33)(H,31,34)/t22-,24+,26+/m1/s1. The summed E-state index contributed by atoms with van der Waals surface area (Å²) in [7, 11) is 3.36. The van der Waals surface area contributed by atoms with Crippen molar-refractivity contribution in [2.24, 2.45) is 5.92 Å². The Labute approximate surface area is 222 Å². The Morgan fingerprint density at radius 1 is 1.03 bits per heavy atom. The molecule has 2 N–H and O–H groups in total. The van der Waals surface area contributed by atoms with Crippen LogP contribution in [0.4, 0.5) is 11.4 Å². The molecule has 38 heavy (non-hydrogen) atoms. The van der Waals surface area contributed by atoms with Crippen LogP contribution in [-0.2, 0) is 14.3 Å². The molecule has 3 atom stereocenters. The van der Waals surface area contributed by atoms with Gasteiger partial charge in [-0.15, -0.1) is 0 Å². The lowest BCUT2D eigenvalue weighted by Gasteiger charge is -2.42. The average Bonchev–Trinajstić information content (AvgIpc) is 3.46. The van der Waals surface area contributed by atoms with Gasteiger partial charge in [0.2, 0.25) is 11.8 Å². The monoisotopic (exact) mass is 521 g/mol. The van der Waals surface area contributed by atoms with Crippen molar-refractivity contribution in [3.63, 3.8) is 0 Å². The Bertz CT molecular complexity index is 1190. The fourth-order valence-corrected chi connectivity index (χ4v) is 5.66. The van der Waals surface area contributed by atoms with Crippen LogP contribution in [0, 0.1) is 5.92 Å². The zero-order chi connectivity index (χ0) is 26.6. The summed E-state index contributed by atoms with van der Waals surface area (Å²) in [5.74, 6) is 0.859. The number of likely N-dealkylation sites (N-methyl/N-ethyl adjacent to an activating group) is 1. The zero-order valence-corrected chi connectivity index (χ0v) is 21.9. The van der Waals surface area contributed by atoms with Crippen molar-refractivity contribution in [3.8, 4) is 11.5 Å². The van der Waals surface area contributed by atoms with E-state index in [-0.39, 0.29) is 54.9 Å². The van der Waals surface area contributed by atoms with E-state index >= 15 is 0 Å². The SMILES string of the molecule is COc1cccc(NC(=O)C[C@H]2CC[C@H]3[C@H](COc4ccc(NC(=O)C5CCCC5)cc4C(=O)N3C)O2)c1. The quantitative estimate of drug-likeness (QED) is 0.589.